The average Bonchev–Trinajstić information content (AvgIpc) is 3.01. The Hall–Kier alpha value is -1.18. The molecule has 0 unspecified atom stereocenters. The molecule has 6 nitrogen and oxygen atoms in total. The molecule has 0 saturated carbocycles. The molecule has 24 heavy (non-hydrogen) atoms. The van der Waals surface area contributed by atoms with Crippen molar-refractivity contribution in [2.24, 2.45) is 4.99 Å². The van der Waals surface area contributed by atoms with E-state index in [1.54, 1.807) is 11.3 Å². The van der Waals surface area contributed by atoms with Crippen LogP contribution in [0.5, 0.6) is 0 Å². The molecular formula is C17H32N6S. The molecule has 2 rings (SSSR count). The second-order valence-electron chi connectivity index (χ2n) is 6.08. The number of likely N-dealkylation sites (N-methyl/N-ethyl adjacent to an activating group) is 1. The second kappa shape index (κ2) is 10.6. The Morgan fingerprint density at radius 3 is 2.58 bits per heavy atom. The number of hydrogen-bond acceptors (Lipinski definition) is 5. The van der Waals surface area contributed by atoms with Crippen molar-refractivity contribution in [1.29, 1.82) is 0 Å². The van der Waals surface area contributed by atoms with Gasteiger partial charge in [-0.05, 0) is 20.4 Å². The molecule has 136 valence electrons. The summed E-state index contributed by atoms with van der Waals surface area (Å²) in [5, 5.41) is 7.92. The number of aliphatic imine (C=N–C) groups is 1. The first-order chi connectivity index (χ1) is 11.7. The van der Waals surface area contributed by atoms with Crippen LogP contribution in [0.25, 0.3) is 0 Å². The number of nitrogens with one attached hydrogen (secondary N) is 2. The topological polar surface area (TPSA) is 55.8 Å². The summed E-state index contributed by atoms with van der Waals surface area (Å²) in [5.74, 6) is 0.915. The number of hydrogen-bond donors (Lipinski definition) is 2. The fourth-order valence-corrected chi connectivity index (χ4v) is 3.57. The molecule has 0 bridgehead atoms. The van der Waals surface area contributed by atoms with E-state index in [4.69, 9.17) is 4.99 Å². The Labute approximate surface area is 150 Å². The summed E-state index contributed by atoms with van der Waals surface area (Å²) in [6.45, 7) is 15.9. The van der Waals surface area contributed by atoms with E-state index in [1.165, 1.54) is 29.5 Å². The molecule has 1 aliphatic heterocycles. The van der Waals surface area contributed by atoms with Gasteiger partial charge in [-0.15, -0.1) is 11.3 Å². The number of rotatable bonds is 8. The first kappa shape index (κ1) is 19.1. The fraction of sp³-hybridized carbons (Fsp3) is 0.765. The van der Waals surface area contributed by atoms with E-state index in [0.717, 1.165) is 51.6 Å². The van der Waals surface area contributed by atoms with Gasteiger partial charge in [-0.25, -0.2) is 4.98 Å². The molecular weight excluding hydrogens is 320 g/mol. The van der Waals surface area contributed by atoms with Crippen LogP contribution in [-0.4, -0.2) is 79.6 Å². The average molecular weight is 353 g/mol. The van der Waals surface area contributed by atoms with Gasteiger partial charge in [-0.1, -0.05) is 6.92 Å². The normalized spacial score (nSPS) is 17.2. The van der Waals surface area contributed by atoms with E-state index >= 15 is 0 Å². The Morgan fingerprint density at radius 1 is 1.21 bits per heavy atom. The van der Waals surface area contributed by atoms with Crippen molar-refractivity contribution in [2.75, 3.05) is 58.9 Å². The molecule has 2 N–H and O–H groups in total. The molecule has 0 atom stereocenters. The van der Waals surface area contributed by atoms with E-state index in [0.29, 0.717) is 0 Å². The predicted molar refractivity (Wildman–Crippen MR) is 103 cm³/mol. The van der Waals surface area contributed by atoms with Crippen LogP contribution in [0.1, 0.15) is 23.7 Å². The van der Waals surface area contributed by atoms with Crippen LogP contribution in [0.15, 0.2) is 11.2 Å². The Balaban J connectivity index is 1.68. The molecule has 1 aromatic rings. The Kier molecular flexibility index (Phi) is 8.49. The highest BCUT2D eigenvalue weighted by molar-refractivity contribution is 7.11. The SMILES string of the molecule is CCNC(=NCCN1CCN(CC)CC1)NCCc1ncc(C)s1. The maximum absolute atomic E-state index is 4.71. The lowest BCUT2D eigenvalue weighted by Crippen LogP contribution is -2.47. The fourth-order valence-electron chi connectivity index (χ4n) is 2.78. The van der Waals surface area contributed by atoms with E-state index < -0.39 is 0 Å². The molecule has 0 aromatic carbocycles. The van der Waals surface area contributed by atoms with Gasteiger partial charge in [0.2, 0.25) is 0 Å². The van der Waals surface area contributed by atoms with Crippen LogP contribution in [0.3, 0.4) is 0 Å². The number of piperazine rings is 1. The summed E-state index contributed by atoms with van der Waals surface area (Å²) in [5.41, 5.74) is 0. The molecule has 1 saturated heterocycles. The van der Waals surface area contributed by atoms with E-state index in [9.17, 15) is 0 Å². The van der Waals surface area contributed by atoms with Crippen molar-refractivity contribution in [3.8, 4) is 0 Å². The smallest absolute Gasteiger partial charge is 0.191 e. The lowest BCUT2D eigenvalue weighted by Gasteiger charge is -2.33. The second-order valence-corrected chi connectivity index (χ2v) is 7.40. The van der Waals surface area contributed by atoms with Gasteiger partial charge < -0.3 is 15.5 Å². The summed E-state index contributed by atoms with van der Waals surface area (Å²) in [6, 6.07) is 0. The van der Waals surface area contributed by atoms with E-state index in [1.807, 2.05) is 6.20 Å². The van der Waals surface area contributed by atoms with Crippen molar-refractivity contribution in [1.82, 2.24) is 25.4 Å². The number of aromatic nitrogens is 1. The minimum Gasteiger partial charge on any atom is -0.357 e. The third-order valence-corrected chi connectivity index (χ3v) is 5.22. The first-order valence-electron chi connectivity index (χ1n) is 9.09. The van der Waals surface area contributed by atoms with Crippen molar-refractivity contribution in [2.45, 2.75) is 27.2 Å². The largest absolute Gasteiger partial charge is 0.357 e. The molecule has 7 heteroatoms. The molecule has 0 radical (unpaired) electrons. The molecule has 2 heterocycles. The molecule has 0 spiro atoms. The third kappa shape index (κ3) is 6.75. The summed E-state index contributed by atoms with van der Waals surface area (Å²) >= 11 is 1.77. The minimum atomic E-state index is 0.845. The number of nitrogens with zero attached hydrogens (tertiary/aromatic N) is 4. The lowest BCUT2D eigenvalue weighted by atomic mass is 10.3. The highest BCUT2D eigenvalue weighted by atomic mass is 32.1. The monoisotopic (exact) mass is 352 g/mol. The van der Waals surface area contributed by atoms with Gasteiger partial charge in [0, 0.05) is 63.3 Å². The van der Waals surface area contributed by atoms with Gasteiger partial charge in [0.1, 0.15) is 0 Å². The van der Waals surface area contributed by atoms with Gasteiger partial charge in [-0.2, -0.15) is 0 Å². The van der Waals surface area contributed by atoms with Crippen LogP contribution < -0.4 is 10.6 Å². The summed E-state index contributed by atoms with van der Waals surface area (Å²) in [4.78, 5) is 15.4. The maximum atomic E-state index is 4.71. The Morgan fingerprint density at radius 2 is 1.96 bits per heavy atom. The molecule has 1 aliphatic rings. The maximum Gasteiger partial charge on any atom is 0.191 e. The van der Waals surface area contributed by atoms with Crippen LogP contribution >= 0.6 is 11.3 Å². The zero-order valence-electron chi connectivity index (χ0n) is 15.3. The van der Waals surface area contributed by atoms with Crippen molar-refractivity contribution < 1.29 is 0 Å². The van der Waals surface area contributed by atoms with E-state index in [-0.39, 0.29) is 0 Å². The van der Waals surface area contributed by atoms with Gasteiger partial charge in [0.15, 0.2) is 5.96 Å². The lowest BCUT2D eigenvalue weighted by molar-refractivity contribution is 0.140. The zero-order chi connectivity index (χ0) is 17.2. The van der Waals surface area contributed by atoms with Crippen LogP contribution in [-0.2, 0) is 6.42 Å². The van der Waals surface area contributed by atoms with Crippen molar-refractivity contribution in [3.05, 3.63) is 16.1 Å². The van der Waals surface area contributed by atoms with Gasteiger partial charge in [-0.3, -0.25) is 9.89 Å². The molecule has 1 aromatic heterocycles. The van der Waals surface area contributed by atoms with Gasteiger partial charge in [0.25, 0.3) is 0 Å². The van der Waals surface area contributed by atoms with Crippen molar-refractivity contribution >= 4 is 17.3 Å². The number of guanidine groups is 1. The summed E-state index contributed by atoms with van der Waals surface area (Å²) in [6.07, 6.45) is 2.89. The highest BCUT2D eigenvalue weighted by Crippen LogP contribution is 2.10. The van der Waals surface area contributed by atoms with Crippen LogP contribution in [0, 0.1) is 6.92 Å². The van der Waals surface area contributed by atoms with E-state index in [2.05, 4.69) is 46.2 Å². The van der Waals surface area contributed by atoms with Crippen LogP contribution in [0.4, 0.5) is 0 Å². The number of aryl methyl sites for hydroxylation is 1. The zero-order valence-corrected chi connectivity index (χ0v) is 16.2. The summed E-state index contributed by atoms with van der Waals surface area (Å²) in [7, 11) is 0. The predicted octanol–water partition coefficient (Wildman–Crippen LogP) is 1.19. The number of thiazole rings is 1. The molecule has 0 aliphatic carbocycles. The van der Waals surface area contributed by atoms with Gasteiger partial charge >= 0.3 is 0 Å². The first-order valence-corrected chi connectivity index (χ1v) is 9.91. The quantitative estimate of drug-likeness (QED) is 0.544. The van der Waals surface area contributed by atoms with Crippen LogP contribution in [0.2, 0.25) is 0 Å². The third-order valence-electron chi connectivity index (χ3n) is 4.24. The van der Waals surface area contributed by atoms with Crippen molar-refractivity contribution in [3.63, 3.8) is 0 Å². The highest BCUT2D eigenvalue weighted by Gasteiger charge is 2.14. The Bertz CT molecular complexity index is 493. The summed E-state index contributed by atoms with van der Waals surface area (Å²) < 4.78 is 0. The van der Waals surface area contributed by atoms with Gasteiger partial charge in [0.05, 0.1) is 11.6 Å². The standard InChI is InChI=1S/C17H32N6S/c1-4-18-17(19-7-6-16-21-14-15(3)24-16)20-8-9-23-12-10-22(5-2)11-13-23/h14H,4-13H2,1-3H3,(H2,18,19,20). The minimum absolute atomic E-state index is 0.845. The molecule has 0 amide bonds. The molecule has 1 fully saturated rings.